The van der Waals surface area contributed by atoms with Crippen LogP contribution in [0.3, 0.4) is 0 Å². The number of H-pyrrole nitrogens is 1. The van der Waals surface area contributed by atoms with Crippen LogP contribution in [-0.2, 0) is 0 Å². The zero-order valence-electron chi connectivity index (χ0n) is 9.24. The highest BCUT2D eigenvalue weighted by molar-refractivity contribution is 6.35. The molecule has 0 aliphatic carbocycles. The van der Waals surface area contributed by atoms with E-state index in [9.17, 15) is 0 Å². The maximum absolute atomic E-state index is 6.18. The monoisotopic (exact) mass is 277 g/mol. The van der Waals surface area contributed by atoms with Crippen molar-refractivity contribution in [1.29, 1.82) is 0 Å². The van der Waals surface area contributed by atoms with Crippen molar-refractivity contribution in [2.24, 2.45) is 0 Å². The summed E-state index contributed by atoms with van der Waals surface area (Å²) in [5.74, 6) is 0. The summed E-state index contributed by atoms with van der Waals surface area (Å²) in [5, 5.41) is 9.36. The van der Waals surface area contributed by atoms with Crippen molar-refractivity contribution in [2.45, 2.75) is 0 Å². The second-order valence-electron chi connectivity index (χ2n) is 3.97. The number of fused-ring (bicyclic) bond motifs is 1. The molecule has 2 aromatic carbocycles. The third-order valence-electron chi connectivity index (χ3n) is 2.81. The van der Waals surface area contributed by atoms with Gasteiger partial charge in [-0.25, -0.2) is 0 Å². The van der Waals surface area contributed by atoms with E-state index in [0.717, 1.165) is 22.2 Å². The molecule has 5 heteroatoms. The van der Waals surface area contributed by atoms with Crippen LogP contribution >= 0.6 is 23.2 Å². The lowest BCUT2D eigenvalue weighted by Gasteiger charge is -2.02. The molecule has 0 amide bonds. The molecule has 3 N–H and O–H groups in total. The topological polar surface area (TPSA) is 54.7 Å². The predicted molar refractivity (Wildman–Crippen MR) is 76.0 cm³/mol. The number of para-hydroxylation sites is 1. The number of nitrogen functional groups attached to an aromatic ring is 1. The van der Waals surface area contributed by atoms with Gasteiger partial charge in [0.1, 0.15) is 5.69 Å². The number of aromatic nitrogens is 2. The van der Waals surface area contributed by atoms with E-state index in [1.807, 2.05) is 18.2 Å². The number of benzene rings is 2. The van der Waals surface area contributed by atoms with E-state index in [0.29, 0.717) is 15.7 Å². The molecule has 0 radical (unpaired) electrons. The number of anilines is 1. The van der Waals surface area contributed by atoms with Gasteiger partial charge in [0.05, 0.1) is 16.2 Å². The molecule has 0 fully saturated rings. The van der Waals surface area contributed by atoms with Crippen LogP contribution in [0.15, 0.2) is 36.4 Å². The van der Waals surface area contributed by atoms with Crippen LogP contribution in [0, 0.1) is 0 Å². The van der Waals surface area contributed by atoms with Crippen molar-refractivity contribution in [3.63, 3.8) is 0 Å². The maximum Gasteiger partial charge on any atom is 0.102 e. The fourth-order valence-electron chi connectivity index (χ4n) is 1.95. The van der Waals surface area contributed by atoms with Gasteiger partial charge in [-0.05, 0) is 24.3 Å². The van der Waals surface area contributed by atoms with Crippen LogP contribution in [-0.4, -0.2) is 10.2 Å². The van der Waals surface area contributed by atoms with Crippen LogP contribution in [0.2, 0.25) is 10.0 Å². The van der Waals surface area contributed by atoms with E-state index < -0.39 is 0 Å². The van der Waals surface area contributed by atoms with E-state index in [4.69, 9.17) is 28.9 Å². The first-order chi connectivity index (χ1) is 8.66. The summed E-state index contributed by atoms with van der Waals surface area (Å²) < 4.78 is 0. The Balaban J connectivity index is 2.32. The zero-order chi connectivity index (χ0) is 12.7. The molecular weight excluding hydrogens is 269 g/mol. The van der Waals surface area contributed by atoms with E-state index in [-0.39, 0.29) is 0 Å². The minimum absolute atomic E-state index is 0.607. The number of nitrogens with one attached hydrogen (secondary N) is 1. The third-order valence-corrected chi connectivity index (χ3v) is 3.38. The number of hydrogen-bond acceptors (Lipinski definition) is 2. The second kappa shape index (κ2) is 4.19. The quantitative estimate of drug-likeness (QED) is 0.658. The number of halogens is 2. The average Bonchev–Trinajstić information content (AvgIpc) is 2.77. The number of aromatic amines is 1. The standard InChI is InChI=1S/C13H9Cl2N3/c14-7-4-5-10(15)9(6-7)12-8-2-1-3-11(16)13(8)18-17-12/h1-6H,16H2,(H,17,18). The Morgan fingerprint density at radius 2 is 1.94 bits per heavy atom. The Morgan fingerprint density at radius 1 is 1.11 bits per heavy atom. The Hall–Kier alpha value is -1.71. The molecule has 0 atom stereocenters. The smallest absolute Gasteiger partial charge is 0.102 e. The Morgan fingerprint density at radius 3 is 2.78 bits per heavy atom. The van der Waals surface area contributed by atoms with Gasteiger partial charge in [-0.2, -0.15) is 5.10 Å². The second-order valence-corrected chi connectivity index (χ2v) is 4.81. The summed E-state index contributed by atoms with van der Waals surface area (Å²) in [7, 11) is 0. The lowest BCUT2D eigenvalue weighted by molar-refractivity contribution is 1.12. The van der Waals surface area contributed by atoms with Crippen LogP contribution in [0.5, 0.6) is 0 Å². The number of hydrogen-bond donors (Lipinski definition) is 2. The molecule has 0 saturated carbocycles. The van der Waals surface area contributed by atoms with Crippen LogP contribution < -0.4 is 5.73 Å². The molecule has 90 valence electrons. The summed E-state index contributed by atoms with van der Waals surface area (Å²) in [5.41, 5.74) is 8.90. The molecule has 1 aromatic heterocycles. The van der Waals surface area contributed by atoms with E-state index >= 15 is 0 Å². The van der Waals surface area contributed by atoms with Gasteiger partial charge in [0.2, 0.25) is 0 Å². The summed E-state index contributed by atoms with van der Waals surface area (Å²) in [6.07, 6.45) is 0. The van der Waals surface area contributed by atoms with Gasteiger partial charge < -0.3 is 5.73 Å². The zero-order valence-corrected chi connectivity index (χ0v) is 10.8. The molecule has 0 aliphatic rings. The molecule has 0 saturated heterocycles. The highest BCUT2D eigenvalue weighted by atomic mass is 35.5. The molecule has 1 heterocycles. The Labute approximate surface area is 114 Å². The molecule has 0 spiro atoms. The summed E-state index contributed by atoms with van der Waals surface area (Å²) >= 11 is 12.2. The first-order valence-corrected chi connectivity index (χ1v) is 6.10. The summed E-state index contributed by atoms with van der Waals surface area (Å²) in [4.78, 5) is 0. The van der Waals surface area contributed by atoms with Crippen molar-refractivity contribution in [2.75, 3.05) is 5.73 Å². The Kier molecular flexibility index (Phi) is 2.65. The predicted octanol–water partition coefficient (Wildman–Crippen LogP) is 4.12. The third kappa shape index (κ3) is 1.72. The van der Waals surface area contributed by atoms with Gasteiger partial charge in [0.25, 0.3) is 0 Å². The van der Waals surface area contributed by atoms with Gasteiger partial charge >= 0.3 is 0 Å². The SMILES string of the molecule is Nc1cccc2c(-c3cc(Cl)ccc3Cl)n[nH]c12. The van der Waals surface area contributed by atoms with Crippen molar-refractivity contribution < 1.29 is 0 Å². The fourth-order valence-corrected chi connectivity index (χ4v) is 2.33. The molecular formula is C13H9Cl2N3. The molecule has 0 unspecified atom stereocenters. The van der Waals surface area contributed by atoms with Gasteiger partial charge in [-0.3, -0.25) is 5.10 Å². The minimum Gasteiger partial charge on any atom is -0.397 e. The van der Waals surface area contributed by atoms with Crippen molar-refractivity contribution in [3.05, 3.63) is 46.4 Å². The highest BCUT2D eigenvalue weighted by Crippen LogP contribution is 2.34. The Bertz CT molecular complexity index is 734. The first kappa shape index (κ1) is 11.4. The maximum atomic E-state index is 6.18. The molecule has 18 heavy (non-hydrogen) atoms. The molecule has 3 aromatic rings. The van der Waals surface area contributed by atoms with Gasteiger partial charge in [0.15, 0.2) is 0 Å². The van der Waals surface area contributed by atoms with Crippen LogP contribution in [0.4, 0.5) is 5.69 Å². The lowest BCUT2D eigenvalue weighted by atomic mass is 10.1. The van der Waals surface area contributed by atoms with Gasteiger partial charge in [-0.15, -0.1) is 0 Å². The summed E-state index contributed by atoms with van der Waals surface area (Å²) in [6.45, 7) is 0. The first-order valence-electron chi connectivity index (χ1n) is 5.35. The number of nitrogens with two attached hydrogens (primary N) is 1. The van der Waals surface area contributed by atoms with Crippen LogP contribution in [0.1, 0.15) is 0 Å². The van der Waals surface area contributed by atoms with Crippen molar-refractivity contribution in [1.82, 2.24) is 10.2 Å². The number of rotatable bonds is 1. The average molecular weight is 278 g/mol. The van der Waals surface area contributed by atoms with E-state index in [1.165, 1.54) is 0 Å². The minimum atomic E-state index is 0.607. The molecule has 3 rings (SSSR count). The largest absolute Gasteiger partial charge is 0.397 e. The van der Waals surface area contributed by atoms with Crippen LogP contribution in [0.25, 0.3) is 22.2 Å². The molecule has 3 nitrogen and oxygen atoms in total. The highest BCUT2D eigenvalue weighted by Gasteiger charge is 2.12. The summed E-state index contributed by atoms with van der Waals surface area (Å²) in [6, 6.07) is 11.0. The van der Waals surface area contributed by atoms with Gasteiger partial charge in [0, 0.05) is 16.0 Å². The number of nitrogens with zero attached hydrogens (tertiary/aromatic N) is 1. The van der Waals surface area contributed by atoms with E-state index in [2.05, 4.69) is 10.2 Å². The van der Waals surface area contributed by atoms with Crippen molar-refractivity contribution >= 4 is 39.8 Å². The molecule has 0 aliphatic heterocycles. The van der Waals surface area contributed by atoms with Crippen molar-refractivity contribution in [3.8, 4) is 11.3 Å². The lowest BCUT2D eigenvalue weighted by Crippen LogP contribution is -1.85. The normalized spacial score (nSPS) is 11.0. The molecule has 0 bridgehead atoms. The van der Waals surface area contributed by atoms with E-state index in [1.54, 1.807) is 18.2 Å². The van der Waals surface area contributed by atoms with Gasteiger partial charge in [-0.1, -0.05) is 35.3 Å². The fraction of sp³-hybridized carbons (Fsp3) is 0.